The standard InChI is InChI=1S/C17H32N2O2/c1-3-4-5-6-7-8-13-21-14-9-11-19-12-10-18-16(2)15-17(19)20/h3-15H2,1-2H3. The van der Waals surface area contributed by atoms with Crippen LogP contribution in [0.4, 0.5) is 0 Å². The van der Waals surface area contributed by atoms with Crippen molar-refractivity contribution in [2.24, 2.45) is 4.99 Å². The van der Waals surface area contributed by atoms with Crippen molar-refractivity contribution in [3.8, 4) is 0 Å². The highest BCUT2D eigenvalue weighted by molar-refractivity contribution is 6.00. The van der Waals surface area contributed by atoms with Gasteiger partial charge in [-0.15, -0.1) is 0 Å². The predicted octanol–water partition coefficient (Wildman–Crippen LogP) is 3.45. The van der Waals surface area contributed by atoms with Crippen molar-refractivity contribution in [2.75, 3.05) is 32.8 Å². The molecule has 4 heteroatoms. The van der Waals surface area contributed by atoms with Crippen LogP contribution in [-0.2, 0) is 9.53 Å². The molecule has 1 aliphatic heterocycles. The van der Waals surface area contributed by atoms with Gasteiger partial charge in [0.05, 0.1) is 13.0 Å². The lowest BCUT2D eigenvalue weighted by Crippen LogP contribution is -2.33. The Labute approximate surface area is 130 Å². The highest BCUT2D eigenvalue weighted by atomic mass is 16.5. The van der Waals surface area contributed by atoms with Crippen molar-refractivity contribution in [2.45, 2.75) is 65.2 Å². The van der Waals surface area contributed by atoms with Crippen molar-refractivity contribution in [3.63, 3.8) is 0 Å². The van der Waals surface area contributed by atoms with E-state index in [4.69, 9.17) is 4.74 Å². The summed E-state index contributed by atoms with van der Waals surface area (Å²) in [7, 11) is 0. The van der Waals surface area contributed by atoms with E-state index in [0.29, 0.717) is 6.42 Å². The number of hydrogen-bond donors (Lipinski definition) is 0. The Kier molecular flexibility index (Phi) is 10.1. The molecule has 0 radical (unpaired) electrons. The molecule has 0 fully saturated rings. The van der Waals surface area contributed by atoms with E-state index in [2.05, 4.69) is 11.9 Å². The Morgan fingerprint density at radius 1 is 1.10 bits per heavy atom. The maximum absolute atomic E-state index is 11.9. The molecule has 0 spiro atoms. The first-order chi connectivity index (χ1) is 10.2. The second-order valence-electron chi connectivity index (χ2n) is 5.91. The monoisotopic (exact) mass is 296 g/mol. The number of nitrogens with zero attached hydrogens (tertiary/aromatic N) is 2. The zero-order chi connectivity index (χ0) is 15.3. The number of carbonyl (C=O) groups excluding carboxylic acids is 1. The molecular weight excluding hydrogens is 264 g/mol. The second kappa shape index (κ2) is 11.7. The number of carbonyl (C=O) groups is 1. The molecule has 1 heterocycles. The predicted molar refractivity (Wildman–Crippen MR) is 88.0 cm³/mol. The van der Waals surface area contributed by atoms with Crippen LogP contribution in [0.2, 0.25) is 0 Å². The van der Waals surface area contributed by atoms with Crippen LogP contribution in [-0.4, -0.2) is 49.4 Å². The number of amides is 1. The minimum Gasteiger partial charge on any atom is -0.381 e. The second-order valence-corrected chi connectivity index (χ2v) is 5.91. The van der Waals surface area contributed by atoms with Crippen LogP contribution in [0.1, 0.15) is 65.2 Å². The Balaban J connectivity index is 1.93. The summed E-state index contributed by atoms with van der Waals surface area (Å²) in [5.41, 5.74) is 0.960. The number of aliphatic imine (C=N–C) groups is 1. The molecule has 0 N–H and O–H groups in total. The summed E-state index contributed by atoms with van der Waals surface area (Å²) in [6, 6.07) is 0. The molecule has 0 aliphatic carbocycles. The molecule has 1 amide bonds. The van der Waals surface area contributed by atoms with Gasteiger partial charge in [-0.2, -0.15) is 0 Å². The molecule has 0 aromatic rings. The van der Waals surface area contributed by atoms with Crippen molar-refractivity contribution in [3.05, 3.63) is 0 Å². The highest BCUT2D eigenvalue weighted by Gasteiger charge is 2.16. The van der Waals surface area contributed by atoms with Crippen molar-refractivity contribution >= 4 is 11.6 Å². The van der Waals surface area contributed by atoms with Crippen LogP contribution in [0.3, 0.4) is 0 Å². The summed E-state index contributed by atoms with van der Waals surface area (Å²) in [6.45, 7) is 8.11. The fourth-order valence-corrected chi connectivity index (χ4v) is 2.55. The summed E-state index contributed by atoms with van der Waals surface area (Å²) < 4.78 is 5.65. The van der Waals surface area contributed by atoms with Gasteiger partial charge in [0.15, 0.2) is 0 Å². The average molecular weight is 296 g/mol. The maximum Gasteiger partial charge on any atom is 0.228 e. The van der Waals surface area contributed by atoms with E-state index in [1.807, 2.05) is 11.8 Å². The molecular formula is C17H32N2O2. The van der Waals surface area contributed by atoms with Gasteiger partial charge in [-0.3, -0.25) is 9.79 Å². The van der Waals surface area contributed by atoms with Gasteiger partial charge in [-0.1, -0.05) is 39.0 Å². The van der Waals surface area contributed by atoms with Crippen molar-refractivity contribution in [1.29, 1.82) is 0 Å². The SMILES string of the molecule is CCCCCCCCOCCCN1CCN=C(C)CC1=O. The van der Waals surface area contributed by atoms with E-state index in [1.165, 1.54) is 38.5 Å². The molecule has 0 saturated carbocycles. The zero-order valence-corrected chi connectivity index (χ0v) is 13.9. The van der Waals surface area contributed by atoms with Gasteiger partial charge in [0.2, 0.25) is 5.91 Å². The Bertz CT molecular complexity index is 316. The van der Waals surface area contributed by atoms with Gasteiger partial charge >= 0.3 is 0 Å². The molecule has 0 aromatic heterocycles. The van der Waals surface area contributed by atoms with Crippen molar-refractivity contribution in [1.82, 2.24) is 4.90 Å². The zero-order valence-electron chi connectivity index (χ0n) is 13.9. The molecule has 122 valence electrons. The quantitative estimate of drug-likeness (QED) is 0.548. The molecule has 21 heavy (non-hydrogen) atoms. The highest BCUT2D eigenvalue weighted by Crippen LogP contribution is 2.06. The lowest BCUT2D eigenvalue weighted by atomic mass is 10.1. The molecule has 0 atom stereocenters. The lowest BCUT2D eigenvalue weighted by Gasteiger charge is -2.19. The molecule has 0 saturated heterocycles. The first kappa shape index (κ1) is 18.1. The van der Waals surface area contributed by atoms with Gasteiger partial charge in [0.25, 0.3) is 0 Å². The van der Waals surface area contributed by atoms with E-state index < -0.39 is 0 Å². The minimum absolute atomic E-state index is 0.213. The molecule has 1 aliphatic rings. The maximum atomic E-state index is 11.9. The molecule has 0 aromatic carbocycles. The normalized spacial score (nSPS) is 16.0. The van der Waals surface area contributed by atoms with E-state index in [9.17, 15) is 4.79 Å². The third kappa shape index (κ3) is 8.86. The topological polar surface area (TPSA) is 41.9 Å². The fraction of sp³-hybridized carbons (Fsp3) is 0.882. The average Bonchev–Trinajstić information content (AvgIpc) is 2.62. The molecule has 0 bridgehead atoms. The summed E-state index contributed by atoms with van der Waals surface area (Å²) in [5, 5.41) is 0. The largest absolute Gasteiger partial charge is 0.381 e. The Hall–Kier alpha value is -0.900. The van der Waals surface area contributed by atoms with Gasteiger partial charge in [0.1, 0.15) is 0 Å². The van der Waals surface area contributed by atoms with E-state index >= 15 is 0 Å². The summed E-state index contributed by atoms with van der Waals surface area (Å²) in [6.07, 6.45) is 9.21. The van der Waals surface area contributed by atoms with Gasteiger partial charge in [-0.05, 0) is 19.8 Å². The van der Waals surface area contributed by atoms with Gasteiger partial charge in [-0.25, -0.2) is 0 Å². The van der Waals surface area contributed by atoms with E-state index in [1.54, 1.807) is 0 Å². The summed E-state index contributed by atoms with van der Waals surface area (Å²) >= 11 is 0. The first-order valence-electron chi connectivity index (χ1n) is 8.59. The third-order valence-corrected chi connectivity index (χ3v) is 3.87. The molecule has 1 rings (SSSR count). The van der Waals surface area contributed by atoms with Crippen LogP contribution < -0.4 is 0 Å². The van der Waals surface area contributed by atoms with Gasteiger partial charge in [0, 0.05) is 32.0 Å². The first-order valence-corrected chi connectivity index (χ1v) is 8.59. The van der Waals surface area contributed by atoms with Crippen LogP contribution in [0, 0.1) is 0 Å². The number of unbranched alkanes of at least 4 members (excludes halogenated alkanes) is 5. The lowest BCUT2D eigenvalue weighted by molar-refractivity contribution is -0.129. The number of ether oxygens (including phenoxy) is 1. The van der Waals surface area contributed by atoms with Gasteiger partial charge < -0.3 is 9.64 Å². The molecule has 0 unspecified atom stereocenters. The van der Waals surface area contributed by atoms with Crippen LogP contribution in [0.15, 0.2) is 4.99 Å². The van der Waals surface area contributed by atoms with E-state index in [0.717, 1.165) is 45.0 Å². The van der Waals surface area contributed by atoms with E-state index in [-0.39, 0.29) is 5.91 Å². The van der Waals surface area contributed by atoms with Crippen LogP contribution in [0.5, 0.6) is 0 Å². The van der Waals surface area contributed by atoms with Crippen molar-refractivity contribution < 1.29 is 9.53 Å². The molecule has 4 nitrogen and oxygen atoms in total. The van der Waals surface area contributed by atoms with Crippen LogP contribution >= 0.6 is 0 Å². The summed E-state index contributed by atoms with van der Waals surface area (Å²) in [4.78, 5) is 18.2. The van der Waals surface area contributed by atoms with Crippen LogP contribution in [0.25, 0.3) is 0 Å². The Morgan fingerprint density at radius 3 is 2.62 bits per heavy atom. The number of rotatable bonds is 11. The smallest absolute Gasteiger partial charge is 0.228 e. The fourth-order valence-electron chi connectivity index (χ4n) is 2.55. The summed E-state index contributed by atoms with van der Waals surface area (Å²) in [5.74, 6) is 0.213. The Morgan fingerprint density at radius 2 is 1.81 bits per heavy atom. The third-order valence-electron chi connectivity index (χ3n) is 3.87. The number of hydrogen-bond acceptors (Lipinski definition) is 3. The minimum atomic E-state index is 0.213.